The van der Waals surface area contributed by atoms with E-state index in [9.17, 15) is 14.9 Å². The summed E-state index contributed by atoms with van der Waals surface area (Å²) in [4.78, 5) is 20.6. The van der Waals surface area contributed by atoms with Crippen molar-refractivity contribution in [2.24, 2.45) is 0 Å². The Hall–Kier alpha value is -2.51. The Morgan fingerprint density at radius 2 is 2.35 bits per heavy atom. The zero-order chi connectivity index (χ0) is 12.4. The summed E-state index contributed by atoms with van der Waals surface area (Å²) in [7, 11) is 0. The van der Waals surface area contributed by atoms with Crippen LogP contribution in [-0.2, 0) is 4.79 Å². The van der Waals surface area contributed by atoms with E-state index in [0.717, 1.165) is 0 Å². The molecule has 1 N–H and O–H groups in total. The van der Waals surface area contributed by atoms with Crippen LogP contribution in [0, 0.1) is 10.1 Å². The predicted molar refractivity (Wildman–Crippen MR) is 57.2 cm³/mol. The first kappa shape index (κ1) is 11.0. The molecule has 2 rings (SSSR count). The molecule has 0 fully saturated rings. The standard InChI is InChI=1S/C9H7N4O4/c1-5(4-14)10-6-2-7-9(17-12-11-7)8(3-6)13(15)16/h2-3,5,10H,1H3. The molecule has 0 aliphatic carbocycles. The van der Waals surface area contributed by atoms with Gasteiger partial charge in [-0.1, -0.05) is 0 Å². The van der Waals surface area contributed by atoms with Crippen LogP contribution in [0.15, 0.2) is 16.7 Å². The molecule has 2 aromatic rings. The number of nitro benzene ring substituents is 1. The molecule has 0 aliphatic rings. The first-order valence-electron chi connectivity index (χ1n) is 4.66. The van der Waals surface area contributed by atoms with Gasteiger partial charge in [0.1, 0.15) is 5.52 Å². The van der Waals surface area contributed by atoms with Crippen LogP contribution in [0.3, 0.4) is 0 Å². The molecule has 1 aromatic heterocycles. The summed E-state index contributed by atoms with van der Waals surface area (Å²) in [5, 5.41) is 20.4. The van der Waals surface area contributed by atoms with Crippen molar-refractivity contribution >= 4 is 28.8 Å². The fraction of sp³-hybridized carbons (Fsp3) is 0.222. The van der Waals surface area contributed by atoms with Gasteiger partial charge >= 0.3 is 5.69 Å². The van der Waals surface area contributed by atoms with E-state index >= 15 is 0 Å². The number of nitro groups is 1. The van der Waals surface area contributed by atoms with E-state index in [1.807, 2.05) is 0 Å². The number of rotatable bonds is 4. The summed E-state index contributed by atoms with van der Waals surface area (Å²) in [6.07, 6.45) is 1.71. The summed E-state index contributed by atoms with van der Waals surface area (Å²) in [5.41, 5.74) is 0.381. The van der Waals surface area contributed by atoms with E-state index < -0.39 is 11.0 Å². The lowest BCUT2D eigenvalue weighted by Gasteiger charge is -2.07. The number of nitrogens with zero attached hydrogens (tertiary/aromatic N) is 3. The van der Waals surface area contributed by atoms with E-state index in [0.29, 0.717) is 5.69 Å². The summed E-state index contributed by atoms with van der Waals surface area (Å²) in [5.74, 6) is 0. The van der Waals surface area contributed by atoms with E-state index in [1.165, 1.54) is 12.1 Å². The van der Waals surface area contributed by atoms with Crippen LogP contribution in [0.5, 0.6) is 0 Å². The summed E-state index contributed by atoms with van der Waals surface area (Å²) < 4.78 is 4.69. The van der Waals surface area contributed by atoms with Gasteiger partial charge in [-0.25, -0.2) is 0 Å². The van der Waals surface area contributed by atoms with Crippen LogP contribution in [0.25, 0.3) is 11.1 Å². The third-order valence-corrected chi connectivity index (χ3v) is 2.09. The number of fused-ring (bicyclic) bond motifs is 1. The number of non-ortho nitro benzene ring substituents is 1. The Kier molecular flexibility index (Phi) is 2.69. The summed E-state index contributed by atoms with van der Waals surface area (Å²) in [6.45, 7) is 1.57. The highest BCUT2D eigenvalue weighted by Gasteiger charge is 2.19. The second-order valence-electron chi connectivity index (χ2n) is 3.36. The van der Waals surface area contributed by atoms with Crippen molar-refractivity contribution in [2.45, 2.75) is 13.0 Å². The van der Waals surface area contributed by atoms with Crippen molar-refractivity contribution in [2.75, 3.05) is 5.32 Å². The Morgan fingerprint density at radius 3 is 3.00 bits per heavy atom. The molecule has 1 radical (unpaired) electrons. The smallest absolute Gasteiger partial charge is 0.318 e. The average Bonchev–Trinajstić information content (AvgIpc) is 2.75. The average molecular weight is 235 g/mol. The largest absolute Gasteiger partial charge is 0.375 e. The van der Waals surface area contributed by atoms with E-state index in [1.54, 1.807) is 13.2 Å². The van der Waals surface area contributed by atoms with Crippen molar-refractivity contribution in [3.63, 3.8) is 0 Å². The lowest BCUT2D eigenvalue weighted by atomic mass is 10.2. The van der Waals surface area contributed by atoms with E-state index in [-0.39, 0.29) is 16.8 Å². The second-order valence-corrected chi connectivity index (χ2v) is 3.36. The first-order valence-corrected chi connectivity index (χ1v) is 4.66. The molecule has 0 amide bonds. The normalized spacial score (nSPS) is 12.3. The molecule has 0 saturated heterocycles. The van der Waals surface area contributed by atoms with Crippen molar-refractivity contribution < 1.29 is 14.2 Å². The molecule has 87 valence electrons. The SMILES string of the molecule is CC([C]=O)Nc1cc([N+](=O)[O-])c2onnc2c1. The molecule has 1 unspecified atom stereocenters. The molecule has 8 heteroatoms. The van der Waals surface area contributed by atoms with E-state index in [4.69, 9.17) is 0 Å². The zero-order valence-electron chi connectivity index (χ0n) is 8.71. The highest BCUT2D eigenvalue weighted by atomic mass is 16.6. The number of carbonyl (C=O) groups excluding carboxylic acids is 1. The molecule has 1 aromatic carbocycles. The van der Waals surface area contributed by atoms with Gasteiger partial charge in [0.25, 0.3) is 5.58 Å². The van der Waals surface area contributed by atoms with E-state index in [2.05, 4.69) is 20.2 Å². The Morgan fingerprint density at radius 1 is 1.59 bits per heavy atom. The van der Waals surface area contributed by atoms with Crippen LogP contribution in [0.1, 0.15) is 6.92 Å². The molecule has 1 atom stereocenters. The van der Waals surface area contributed by atoms with Crippen LogP contribution in [-0.4, -0.2) is 27.6 Å². The highest BCUT2D eigenvalue weighted by molar-refractivity contribution is 5.86. The quantitative estimate of drug-likeness (QED) is 0.622. The Labute approximate surface area is 94.7 Å². The van der Waals surface area contributed by atoms with Crippen LogP contribution < -0.4 is 5.32 Å². The first-order chi connectivity index (χ1) is 8.11. The lowest BCUT2D eigenvalue weighted by molar-refractivity contribution is -0.383. The van der Waals surface area contributed by atoms with Gasteiger partial charge < -0.3 is 9.84 Å². The molecule has 1 heterocycles. The van der Waals surface area contributed by atoms with Crippen molar-refractivity contribution in [3.8, 4) is 0 Å². The molecular formula is C9H7N4O4. The van der Waals surface area contributed by atoms with Gasteiger partial charge in [0.2, 0.25) is 6.29 Å². The van der Waals surface area contributed by atoms with Crippen LogP contribution in [0.4, 0.5) is 11.4 Å². The molecule has 8 nitrogen and oxygen atoms in total. The summed E-state index contributed by atoms with van der Waals surface area (Å²) in [6, 6.07) is 2.18. The number of nitrogens with one attached hydrogen (secondary N) is 1. The van der Waals surface area contributed by atoms with Gasteiger partial charge in [-0.15, -0.1) is 5.10 Å². The second kappa shape index (κ2) is 4.16. The minimum absolute atomic E-state index is 0.00304. The third-order valence-electron chi connectivity index (χ3n) is 2.09. The predicted octanol–water partition coefficient (Wildman–Crippen LogP) is 1.04. The number of hydrogen-bond acceptors (Lipinski definition) is 7. The van der Waals surface area contributed by atoms with Gasteiger partial charge in [-0.05, 0) is 13.0 Å². The van der Waals surface area contributed by atoms with Gasteiger partial charge in [0.05, 0.1) is 11.0 Å². The maximum atomic E-state index is 10.8. The molecule has 0 bridgehead atoms. The monoisotopic (exact) mass is 235 g/mol. The minimum atomic E-state index is -0.602. The number of hydrogen-bond donors (Lipinski definition) is 1. The fourth-order valence-electron chi connectivity index (χ4n) is 1.37. The van der Waals surface area contributed by atoms with Crippen LogP contribution in [0.2, 0.25) is 0 Å². The Bertz CT molecular complexity index is 579. The van der Waals surface area contributed by atoms with Gasteiger partial charge in [-0.2, -0.15) is 0 Å². The topological polar surface area (TPSA) is 111 Å². The number of benzene rings is 1. The number of aromatic nitrogens is 2. The van der Waals surface area contributed by atoms with Crippen molar-refractivity contribution in [1.82, 2.24) is 10.4 Å². The summed E-state index contributed by atoms with van der Waals surface area (Å²) >= 11 is 0. The lowest BCUT2D eigenvalue weighted by Crippen LogP contribution is -2.16. The molecular weight excluding hydrogens is 228 g/mol. The number of anilines is 1. The minimum Gasteiger partial charge on any atom is -0.375 e. The van der Waals surface area contributed by atoms with Crippen LogP contribution >= 0.6 is 0 Å². The molecule has 0 saturated carbocycles. The zero-order valence-corrected chi connectivity index (χ0v) is 8.71. The highest BCUT2D eigenvalue weighted by Crippen LogP contribution is 2.28. The van der Waals surface area contributed by atoms with Gasteiger partial charge in [-0.3, -0.25) is 14.9 Å². The van der Waals surface area contributed by atoms with Gasteiger partial charge in [0, 0.05) is 17.0 Å². The molecule has 17 heavy (non-hydrogen) atoms. The van der Waals surface area contributed by atoms with Crippen molar-refractivity contribution in [3.05, 3.63) is 22.2 Å². The maximum absolute atomic E-state index is 10.8. The maximum Gasteiger partial charge on any atom is 0.318 e. The molecule has 0 spiro atoms. The van der Waals surface area contributed by atoms with Gasteiger partial charge in [0.15, 0.2) is 0 Å². The third kappa shape index (κ3) is 2.05. The van der Waals surface area contributed by atoms with Crippen molar-refractivity contribution in [1.29, 1.82) is 0 Å². The fourth-order valence-corrected chi connectivity index (χ4v) is 1.37. The Balaban J connectivity index is 2.51. The molecule has 0 aliphatic heterocycles.